The fraction of sp³-hybridized carbons (Fsp3) is 0.654. The van der Waals surface area contributed by atoms with Gasteiger partial charge in [0.1, 0.15) is 5.60 Å². The molecular weight excluding hydrogens is 372 g/mol. The number of rotatable bonds is 9. The van der Waals surface area contributed by atoms with Gasteiger partial charge < -0.3 is 15.4 Å². The molecule has 30 heavy (non-hydrogen) atoms. The molecule has 0 saturated heterocycles. The zero-order valence-corrected chi connectivity index (χ0v) is 19.2. The van der Waals surface area contributed by atoms with Crippen molar-refractivity contribution in [2.45, 2.75) is 96.4 Å². The van der Waals surface area contributed by atoms with E-state index in [0.717, 1.165) is 13.0 Å². The summed E-state index contributed by atoms with van der Waals surface area (Å²) in [5, 5.41) is 7.54. The molecule has 1 aromatic rings. The SMILES string of the molecule is C/C(=C\c1ccccc1)C1CC1NC1CCC(NCCCC(=O)OC(C)(C)C)CC1. The van der Waals surface area contributed by atoms with Crippen molar-refractivity contribution in [1.82, 2.24) is 10.6 Å². The summed E-state index contributed by atoms with van der Waals surface area (Å²) in [6.45, 7) is 8.93. The lowest BCUT2D eigenvalue weighted by molar-refractivity contribution is -0.154. The summed E-state index contributed by atoms with van der Waals surface area (Å²) in [4.78, 5) is 11.8. The molecule has 0 amide bonds. The highest BCUT2D eigenvalue weighted by Crippen LogP contribution is 2.39. The second kappa shape index (κ2) is 10.6. The standard InChI is InChI=1S/C26H40N2O2/c1-19(17-20-9-6-5-7-10-20)23-18-24(23)28-22-14-12-21(13-15-22)27-16-8-11-25(29)30-26(2,3)4/h5-7,9-10,17,21-24,27-28H,8,11-16,18H2,1-4H3/b19-17+. The van der Waals surface area contributed by atoms with E-state index in [1.807, 2.05) is 20.8 Å². The number of nitrogens with one attached hydrogen (secondary N) is 2. The fourth-order valence-corrected chi connectivity index (χ4v) is 4.50. The Kier molecular flexibility index (Phi) is 8.13. The molecule has 0 spiro atoms. The third kappa shape index (κ3) is 7.88. The largest absolute Gasteiger partial charge is 0.460 e. The van der Waals surface area contributed by atoms with Gasteiger partial charge in [0.05, 0.1) is 0 Å². The van der Waals surface area contributed by atoms with Crippen LogP contribution in [0, 0.1) is 5.92 Å². The highest BCUT2D eigenvalue weighted by atomic mass is 16.6. The molecule has 166 valence electrons. The van der Waals surface area contributed by atoms with E-state index in [1.54, 1.807) is 0 Å². The molecule has 2 unspecified atom stereocenters. The first-order chi connectivity index (χ1) is 14.3. The topological polar surface area (TPSA) is 50.4 Å². The number of ether oxygens (including phenoxy) is 1. The van der Waals surface area contributed by atoms with Gasteiger partial charge in [-0.2, -0.15) is 0 Å². The van der Waals surface area contributed by atoms with Gasteiger partial charge in [-0.3, -0.25) is 4.79 Å². The van der Waals surface area contributed by atoms with Crippen LogP contribution < -0.4 is 10.6 Å². The molecule has 4 heteroatoms. The molecule has 2 aliphatic carbocycles. The number of benzene rings is 1. The van der Waals surface area contributed by atoms with Crippen molar-refractivity contribution in [2.24, 2.45) is 5.92 Å². The van der Waals surface area contributed by atoms with Crippen LogP contribution in [0.15, 0.2) is 35.9 Å². The summed E-state index contributed by atoms with van der Waals surface area (Å²) in [6, 6.07) is 12.5. The quantitative estimate of drug-likeness (QED) is 0.438. The number of hydrogen-bond donors (Lipinski definition) is 2. The van der Waals surface area contributed by atoms with Crippen molar-refractivity contribution in [1.29, 1.82) is 0 Å². The molecule has 4 nitrogen and oxygen atoms in total. The highest BCUT2D eigenvalue weighted by molar-refractivity contribution is 5.69. The molecular formula is C26H40N2O2. The molecule has 3 rings (SSSR count). The Hall–Kier alpha value is -1.65. The van der Waals surface area contributed by atoms with Crippen molar-refractivity contribution < 1.29 is 9.53 Å². The van der Waals surface area contributed by atoms with Crippen molar-refractivity contribution >= 4 is 12.0 Å². The summed E-state index contributed by atoms with van der Waals surface area (Å²) in [5.74, 6) is 0.613. The molecule has 2 aliphatic rings. The predicted octanol–water partition coefficient (Wildman–Crippen LogP) is 5.09. The molecule has 0 aromatic heterocycles. The molecule has 0 heterocycles. The summed E-state index contributed by atoms with van der Waals surface area (Å²) in [7, 11) is 0. The summed E-state index contributed by atoms with van der Waals surface area (Å²) in [5.41, 5.74) is 2.42. The van der Waals surface area contributed by atoms with Crippen LogP contribution in [0.1, 0.15) is 78.2 Å². The molecule has 1 aromatic carbocycles. The van der Waals surface area contributed by atoms with Gasteiger partial charge >= 0.3 is 5.97 Å². The third-order valence-electron chi connectivity index (χ3n) is 6.16. The second-order valence-corrected chi connectivity index (χ2v) is 10.1. The van der Waals surface area contributed by atoms with Crippen molar-refractivity contribution in [2.75, 3.05) is 6.54 Å². The maximum Gasteiger partial charge on any atom is 0.306 e. The average molecular weight is 413 g/mol. The average Bonchev–Trinajstić information content (AvgIpc) is 3.45. The predicted molar refractivity (Wildman–Crippen MR) is 124 cm³/mol. The Morgan fingerprint density at radius 2 is 1.77 bits per heavy atom. The number of carbonyl (C=O) groups is 1. The van der Waals surface area contributed by atoms with Gasteiger partial charge in [0.15, 0.2) is 0 Å². The smallest absolute Gasteiger partial charge is 0.306 e. The van der Waals surface area contributed by atoms with Gasteiger partial charge in [-0.1, -0.05) is 42.0 Å². The lowest BCUT2D eigenvalue weighted by atomic mass is 9.91. The monoisotopic (exact) mass is 412 g/mol. The zero-order valence-electron chi connectivity index (χ0n) is 19.2. The van der Waals surface area contributed by atoms with Gasteiger partial charge in [-0.15, -0.1) is 0 Å². The van der Waals surface area contributed by atoms with E-state index in [1.165, 1.54) is 43.2 Å². The summed E-state index contributed by atoms with van der Waals surface area (Å²) in [6.07, 6.45) is 9.90. The minimum atomic E-state index is -0.383. The maximum atomic E-state index is 11.8. The molecule has 2 saturated carbocycles. The number of hydrogen-bond acceptors (Lipinski definition) is 4. The van der Waals surface area contributed by atoms with Crippen LogP contribution >= 0.6 is 0 Å². The first-order valence-electron chi connectivity index (χ1n) is 11.7. The van der Waals surface area contributed by atoms with Crippen molar-refractivity contribution in [3.05, 3.63) is 41.5 Å². The van der Waals surface area contributed by atoms with E-state index >= 15 is 0 Å². The molecule has 2 atom stereocenters. The fourth-order valence-electron chi connectivity index (χ4n) is 4.50. The van der Waals surface area contributed by atoms with E-state index in [-0.39, 0.29) is 11.6 Å². The third-order valence-corrected chi connectivity index (χ3v) is 6.16. The molecule has 0 bridgehead atoms. The van der Waals surface area contributed by atoms with Gasteiger partial charge in [0.25, 0.3) is 0 Å². The summed E-state index contributed by atoms with van der Waals surface area (Å²) < 4.78 is 5.37. The molecule has 2 N–H and O–H groups in total. The van der Waals surface area contributed by atoms with Crippen LogP contribution in [0.25, 0.3) is 6.08 Å². The Morgan fingerprint density at radius 3 is 2.43 bits per heavy atom. The van der Waals surface area contributed by atoms with Gasteiger partial charge in [-0.05, 0) is 84.2 Å². The minimum absolute atomic E-state index is 0.0900. The molecule has 2 fully saturated rings. The second-order valence-electron chi connectivity index (χ2n) is 10.1. The lowest BCUT2D eigenvalue weighted by Crippen LogP contribution is -2.41. The Balaban J connectivity index is 1.28. The van der Waals surface area contributed by atoms with Gasteiger partial charge in [0.2, 0.25) is 0 Å². The molecule has 0 radical (unpaired) electrons. The normalized spacial score (nSPS) is 27.0. The van der Waals surface area contributed by atoms with Gasteiger partial charge in [-0.25, -0.2) is 0 Å². The van der Waals surface area contributed by atoms with Crippen molar-refractivity contribution in [3.8, 4) is 0 Å². The zero-order chi connectivity index (χ0) is 21.6. The van der Waals surface area contributed by atoms with Crippen LogP contribution in [0.3, 0.4) is 0 Å². The first kappa shape index (κ1) is 23.0. The van der Waals surface area contributed by atoms with Crippen LogP contribution in [0.5, 0.6) is 0 Å². The van der Waals surface area contributed by atoms with E-state index in [9.17, 15) is 4.79 Å². The molecule has 0 aliphatic heterocycles. The first-order valence-corrected chi connectivity index (χ1v) is 11.7. The van der Waals surface area contributed by atoms with E-state index in [2.05, 4.69) is 54.0 Å². The maximum absolute atomic E-state index is 11.8. The van der Waals surface area contributed by atoms with Crippen LogP contribution in [0.4, 0.5) is 0 Å². The van der Waals surface area contributed by atoms with E-state index in [0.29, 0.717) is 30.5 Å². The van der Waals surface area contributed by atoms with E-state index in [4.69, 9.17) is 4.74 Å². The highest BCUT2D eigenvalue weighted by Gasteiger charge is 2.39. The number of carbonyl (C=O) groups excluding carboxylic acids is 1. The summed E-state index contributed by atoms with van der Waals surface area (Å²) >= 11 is 0. The lowest BCUT2D eigenvalue weighted by Gasteiger charge is -2.30. The van der Waals surface area contributed by atoms with Crippen LogP contribution in [0.2, 0.25) is 0 Å². The number of esters is 1. The Labute approximate surface area is 182 Å². The van der Waals surface area contributed by atoms with Crippen LogP contribution in [-0.2, 0) is 9.53 Å². The van der Waals surface area contributed by atoms with Crippen molar-refractivity contribution in [3.63, 3.8) is 0 Å². The Morgan fingerprint density at radius 1 is 1.10 bits per heavy atom. The minimum Gasteiger partial charge on any atom is -0.460 e. The Bertz CT molecular complexity index is 699. The van der Waals surface area contributed by atoms with E-state index < -0.39 is 0 Å². The van der Waals surface area contributed by atoms with Crippen LogP contribution in [-0.4, -0.2) is 36.2 Å². The van der Waals surface area contributed by atoms with Gasteiger partial charge in [0, 0.05) is 24.5 Å².